The second kappa shape index (κ2) is 9.93. The number of nitrogens with zero attached hydrogens (tertiary/aromatic N) is 1. The Kier molecular flexibility index (Phi) is 7.86. The highest BCUT2D eigenvalue weighted by Crippen LogP contribution is 2.25. The number of likely N-dealkylation sites (N-methyl/N-ethyl adjacent to an activating group) is 1. The van der Waals surface area contributed by atoms with E-state index in [1.54, 1.807) is 31.2 Å². The summed E-state index contributed by atoms with van der Waals surface area (Å²) in [6, 6.07) is 4.58. The van der Waals surface area contributed by atoms with Crippen molar-refractivity contribution in [2.45, 2.75) is 31.8 Å². The minimum Gasteiger partial charge on any atom is -0.455 e. The highest BCUT2D eigenvalue weighted by atomic mass is 35.5. The van der Waals surface area contributed by atoms with Gasteiger partial charge in [-0.1, -0.05) is 29.8 Å². The molecular formula is C18H24ClN3O6S. The molecule has 0 bridgehead atoms. The van der Waals surface area contributed by atoms with E-state index in [1.807, 2.05) is 0 Å². The lowest BCUT2D eigenvalue weighted by atomic mass is 10.0. The minimum atomic E-state index is -3.14. The first-order valence-electron chi connectivity index (χ1n) is 9.09. The number of sulfone groups is 1. The molecular weight excluding hydrogens is 422 g/mol. The number of halogens is 1. The number of carbonyl (C=O) groups is 3. The molecule has 0 spiro atoms. The number of ether oxygens (including phenoxy) is 1. The average Bonchev–Trinajstić information content (AvgIpc) is 2.99. The summed E-state index contributed by atoms with van der Waals surface area (Å²) in [6.07, 6.45) is 0.0941. The summed E-state index contributed by atoms with van der Waals surface area (Å²) in [4.78, 5) is 37.3. The van der Waals surface area contributed by atoms with Crippen molar-refractivity contribution >= 4 is 39.3 Å². The van der Waals surface area contributed by atoms with Gasteiger partial charge >= 0.3 is 12.0 Å². The number of hydrogen-bond donors (Lipinski definition) is 2. The molecule has 0 radical (unpaired) electrons. The van der Waals surface area contributed by atoms with Crippen LogP contribution in [0, 0.1) is 0 Å². The summed E-state index contributed by atoms with van der Waals surface area (Å²) in [7, 11) is -3.14. The van der Waals surface area contributed by atoms with Crippen LogP contribution in [0.2, 0.25) is 5.02 Å². The number of nitrogens with one attached hydrogen (secondary N) is 1. The summed E-state index contributed by atoms with van der Waals surface area (Å²) in [5.41, 5.74) is 5.66. The lowest BCUT2D eigenvalue weighted by molar-refractivity contribution is -0.153. The van der Waals surface area contributed by atoms with Gasteiger partial charge in [-0.3, -0.25) is 9.59 Å². The Balaban J connectivity index is 1.96. The van der Waals surface area contributed by atoms with E-state index in [9.17, 15) is 22.8 Å². The van der Waals surface area contributed by atoms with E-state index >= 15 is 0 Å². The number of nitrogens with two attached hydrogens (primary N) is 1. The maximum absolute atomic E-state index is 12.4. The monoisotopic (exact) mass is 445 g/mol. The maximum Gasteiger partial charge on any atom is 0.312 e. The normalized spacial score (nSPS) is 18.6. The van der Waals surface area contributed by atoms with Gasteiger partial charge in [0.15, 0.2) is 16.4 Å². The molecule has 2 atom stereocenters. The molecule has 0 aliphatic carbocycles. The topological polar surface area (TPSA) is 136 Å². The average molecular weight is 446 g/mol. The van der Waals surface area contributed by atoms with Crippen LogP contribution in [0.15, 0.2) is 24.3 Å². The fourth-order valence-corrected chi connectivity index (χ4v) is 5.28. The quantitative estimate of drug-likeness (QED) is 0.573. The van der Waals surface area contributed by atoms with Crippen molar-refractivity contribution in [2.75, 3.05) is 24.7 Å². The second-order valence-electron chi connectivity index (χ2n) is 6.68. The fourth-order valence-electron chi connectivity index (χ4n) is 3.28. The van der Waals surface area contributed by atoms with E-state index in [2.05, 4.69) is 5.32 Å². The Labute approximate surface area is 174 Å². The van der Waals surface area contributed by atoms with E-state index in [1.165, 1.54) is 4.90 Å². The van der Waals surface area contributed by atoms with Crippen LogP contribution in [0.4, 0.5) is 4.79 Å². The van der Waals surface area contributed by atoms with Crippen molar-refractivity contribution in [1.82, 2.24) is 10.2 Å². The van der Waals surface area contributed by atoms with Crippen molar-refractivity contribution < 1.29 is 27.5 Å². The van der Waals surface area contributed by atoms with E-state index in [0.29, 0.717) is 23.6 Å². The van der Waals surface area contributed by atoms with Crippen molar-refractivity contribution in [3.8, 4) is 0 Å². The van der Waals surface area contributed by atoms with Crippen molar-refractivity contribution in [1.29, 1.82) is 0 Å². The van der Waals surface area contributed by atoms with Gasteiger partial charge in [0.2, 0.25) is 0 Å². The molecule has 29 heavy (non-hydrogen) atoms. The first-order valence-corrected chi connectivity index (χ1v) is 11.3. The zero-order chi connectivity index (χ0) is 21.6. The van der Waals surface area contributed by atoms with Crippen LogP contribution in [0.5, 0.6) is 0 Å². The van der Waals surface area contributed by atoms with Crippen LogP contribution >= 0.6 is 11.6 Å². The number of urea groups is 1. The van der Waals surface area contributed by atoms with Crippen LogP contribution in [0.1, 0.15) is 31.4 Å². The van der Waals surface area contributed by atoms with E-state index in [0.717, 1.165) is 0 Å². The number of benzene rings is 1. The largest absolute Gasteiger partial charge is 0.455 e. The van der Waals surface area contributed by atoms with Gasteiger partial charge in [-0.2, -0.15) is 0 Å². The molecule has 2 rings (SSSR count). The molecule has 1 aliphatic heterocycles. The third kappa shape index (κ3) is 6.60. The summed E-state index contributed by atoms with van der Waals surface area (Å²) in [5.74, 6) is -1.25. The number of primary amides is 1. The standard InChI is InChI=1S/C18H24ClN3O6S/c1-2-22(12-7-8-29(26,27)11-12)16(23)10-28-17(24)9-15(21-18(20)25)13-5-3-4-6-14(13)19/h3-6,12,15H,2,7-11H2,1H3,(H3,20,21,25)/t12-,15+/m0/s1. The SMILES string of the molecule is CCN(C(=O)COC(=O)C[C@@H](NC(N)=O)c1ccccc1Cl)[C@H]1CCS(=O)(=O)C1. The van der Waals surface area contributed by atoms with E-state index in [4.69, 9.17) is 22.1 Å². The van der Waals surface area contributed by atoms with Gasteiger partial charge in [-0.25, -0.2) is 13.2 Å². The summed E-state index contributed by atoms with van der Waals surface area (Å²) in [6.45, 7) is 1.52. The Morgan fingerprint density at radius 2 is 2.03 bits per heavy atom. The van der Waals surface area contributed by atoms with Crippen LogP contribution in [0.3, 0.4) is 0 Å². The zero-order valence-electron chi connectivity index (χ0n) is 16.0. The second-order valence-corrected chi connectivity index (χ2v) is 9.32. The van der Waals surface area contributed by atoms with E-state index < -0.39 is 46.4 Å². The lowest BCUT2D eigenvalue weighted by Crippen LogP contribution is -2.43. The Hall–Kier alpha value is -2.33. The van der Waals surface area contributed by atoms with Gasteiger partial charge in [0, 0.05) is 17.6 Å². The third-order valence-corrected chi connectivity index (χ3v) is 6.73. The molecule has 160 valence electrons. The number of esters is 1. The molecule has 0 unspecified atom stereocenters. The van der Waals surface area contributed by atoms with E-state index in [-0.39, 0.29) is 17.9 Å². The molecule has 11 heteroatoms. The summed E-state index contributed by atoms with van der Waals surface area (Å²) in [5, 5.41) is 2.78. The molecule has 1 fully saturated rings. The smallest absolute Gasteiger partial charge is 0.312 e. The first kappa shape index (κ1) is 23.0. The molecule has 3 N–H and O–H groups in total. The van der Waals surface area contributed by atoms with Crippen molar-refractivity contribution in [3.63, 3.8) is 0 Å². The predicted octanol–water partition coefficient (Wildman–Crippen LogP) is 1.02. The molecule has 1 heterocycles. The minimum absolute atomic E-state index is 0.0412. The molecule has 1 aromatic rings. The fraction of sp³-hybridized carbons (Fsp3) is 0.500. The van der Waals surface area contributed by atoms with Crippen LogP contribution < -0.4 is 11.1 Å². The molecule has 0 saturated carbocycles. The molecule has 9 nitrogen and oxygen atoms in total. The molecule has 1 aliphatic rings. The van der Waals surface area contributed by atoms with Gasteiger partial charge in [-0.05, 0) is 25.0 Å². The van der Waals surface area contributed by atoms with Gasteiger partial charge < -0.3 is 20.7 Å². The van der Waals surface area contributed by atoms with Gasteiger partial charge in [0.05, 0.1) is 24.0 Å². The number of hydrogen-bond acceptors (Lipinski definition) is 6. The van der Waals surface area contributed by atoms with Crippen LogP contribution in [0.25, 0.3) is 0 Å². The summed E-state index contributed by atoms with van der Waals surface area (Å²) < 4.78 is 28.3. The highest BCUT2D eigenvalue weighted by molar-refractivity contribution is 7.91. The molecule has 3 amide bonds. The highest BCUT2D eigenvalue weighted by Gasteiger charge is 2.34. The van der Waals surface area contributed by atoms with Crippen LogP contribution in [-0.2, 0) is 24.2 Å². The molecule has 1 aromatic carbocycles. The first-order chi connectivity index (χ1) is 13.6. The van der Waals surface area contributed by atoms with Gasteiger partial charge in [0.25, 0.3) is 5.91 Å². The van der Waals surface area contributed by atoms with Gasteiger partial charge in [-0.15, -0.1) is 0 Å². The lowest BCUT2D eigenvalue weighted by Gasteiger charge is -2.26. The third-order valence-electron chi connectivity index (χ3n) is 4.63. The number of rotatable bonds is 8. The maximum atomic E-state index is 12.4. The van der Waals surface area contributed by atoms with Crippen molar-refractivity contribution in [3.05, 3.63) is 34.9 Å². The van der Waals surface area contributed by atoms with Crippen LogP contribution in [-0.4, -0.2) is 61.9 Å². The summed E-state index contributed by atoms with van der Waals surface area (Å²) >= 11 is 6.12. The van der Waals surface area contributed by atoms with Crippen molar-refractivity contribution in [2.24, 2.45) is 5.73 Å². The predicted molar refractivity (Wildman–Crippen MR) is 107 cm³/mol. The Bertz CT molecular complexity index is 876. The molecule has 1 saturated heterocycles. The molecule has 0 aromatic heterocycles. The Morgan fingerprint density at radius 3 is 2.59 bits per heavy atom. The van der Waals surface area contributed by atoms with Gasteiger partial charge in [0.1, 0.15) is 0 Å². The number of amides is 3. The number of carbonyl (C=O) groups excluding carboxylic acids is 3. The zero-order valence-corrected chi connectivity index (χ0v) is 17.5. The Morgan fingerprint density at radius 1 is 1.34 bits per heavy atom.